The number of rotatable bonds is 8. The van der Waals surface area contributed by atoms with Crippen molar-refractivity contribution in [2.24, 2.45) is 0 Å². The number of hydrogen-bond acceptors (Lipinski definition) is 4. The monoisotopic (exact) mass is 376 g/mol. The Morgan fingerprint density at radius 1 is 0.893 bits per heavy atom. The molecule has 1 amide bonds. The maximum atomic E-state index is 12.3. The molecule has 0 aliphatic rings. The summed E-state index contributed by atoms with van der Waals surface area (Å²) in [5.74, 6) is 1.49. The highest BCUT2D eigenvalue weighted by Gasteiger charge is 2.06. The van der Waals surface area contributed by atoms with Gasteiger partial charge >= 0.3 is 0 Å². The summed E-state index contributed by atoms with van der Waals surface area (Å²) in [6.45, 7) is 3.18. The van der Waals surface area contributed by atoms with Crippen LogP contribution in [-0.2, 0) is 0 Å². The van der Waals surface area contributed by atoms with Gasteiger partial charge in [-0.15, -0.1) is 0 Å². The fraction of sp³-hybridized carbons (Fsp3) is 0.174. The van der Waals surface area contributed by atoms with Crippen molar-refractivity contribution < 1.29 is 14.3 Å². The van der Waals surface area contributed by atoms with E-state index in [0.29, 0.717) is 18.7 Å². The van der Waals surface area contributed by atoms with Crippen LogP contribution in [0.3, 0.4) is 0 Å². The van der Waals surface area contributed by atoms with E-state index in [1.165, 1.54) is 0 Å². The molecule has 2 N–H and O–H groups in total. The minimum absolute atomic E-state index is 0.114. The molecule has 0 aliphatic heterocycles. The summed E-state index contributed by atoms with van der Waals surface area (Å²) in [6, 6.07) is 22.6. The smallest absolute Gasteiger partial charge is 0.255 e. The Bertz CT molecular complexity index is 906. The Morgan fingerprint density at radius 2 is 1.57 bits per heavy atom. The average molecular weight is 376 g/mol. The first-order valence-corrected chi connectivity index (χ1v) is 9.13. The molecule has 0 bridgehead atoms. The maximum absolute atomic E-state index is 12.3. The lowest BCUT2D eigenvalue weighted by molar-refractivity contribution is 0.102. The molecule has 0 saturated heterocycles. The summed E-state index contributed by atoms with van der Waals surface area (Å²) in [4.78, 5) is 12.3. The van der Waals surface area contributed by atoms with E-state index in [0.717, 1.165) is 28.4 Å². The third-order valence-electron chi connectivity index (χ3n) is 4.18. The van der Waals surface area contributed by atoms with Crippen molar-refractivity contribution in [3.8, 4) is 11.5 Å². The summed E-state index contributed by atoms with van der Waals surface area (Å²) in [7, 11) is 1.64. The molecular weight excluding hydrogens is 352 g/mol. The number of amides is 1. The van der Waals surface area contributed by atoms with Gasteiger partial charge in [-0.3, -0.25) is 4.79 Å². The molecule has 0 aliphatic carbocycles. The minimum Gasteiger partial charge on any atom is -0.497 e. The SMILES string of the molecule is COc1ccc(OCCNc2ccc(NC(=O)c3cccc(C)c3)cc2)cc1. The van der Waals surface area contributed by atoms with Gasteiger partial charge in [-0.2, -0.15) is 0 Å². The molecule has 3 rings (SSSR count). The molecular formula is C23H24N2O3. The highest BCUT2D eigenvalue weighted by Crippen LogP contribution is 2.17. The first-order valence-electron chi connectivity index (χ1n) is 9.13. The topological polar surface area (TPSA) is 59.6 Å². The third-order valence-corrected chi connectivity index (χ3v) is 4.18. The Morgan fingerprint density at radius 3 is 2.25 bits per heavy atom. The number of carbonyl (C=O) groups excluding carboxylic acids is 1. The van der Waals surface area contributed by atoms with Crippen molar-refractivity contribution in [1.29, 1.82) is 0 Å². The molecule has 0 spiro atoms. The molecule has 3 aromatic carbocycles. The van der Waals surface area contributed by atoms with Crippen LogP contribution in [0, 0.1) is 6.92 Å². The number of methoxy groups -OCH3 is 1. The van der Waals surface area contributed by atoms with Gasteiger partial charge < -0.3 is 20.1 Å². The number of aryl methyl sites for hydroxylation is 1. The van der Waals surface area contributed by atoms with Gasteiger partial charge in [0.1, 0.15) is 18.1 Å². The molecule has 5 heteroatoms. The summed E-state index contributed by atoms with van der Waals surface area (Å²) in [5.41, 5.74) is 3.43. The first kappa shape index (κ1) is 19.3. The molecule has 0 heterocycles. The number of hydrogen-bond donors (Lipinski definition) is 2. The Balaban J connectivity index is 1.44. The molecule has 0 fully saturated rings. The average Bonchev–Trinajstić information content (AvgIpc) is 2.73. The van der Waals surface area contributed by atoms with Gasteiger partial charge in [-0.1, -0.05) is 17.7 Å². The predicted molar refractivity (Wildman–Crippen MR) is 113 cm³/mol. The second kappa shape index (κ2) is 9.46. The van der Waals surface area contributed by atoms with E-state index >= 15 is 0 Å². The van der Waals surface area contributed by atoms with E-state index in [1.54, 1.807) is 13.2 Å². The van der Waals surface area contributed by atoms with Crippen LogP contribution in [0.25, 0.3) is 0 Å². The summed E-state index contributed by atoms with van der Waals surface area (Å²) < 4.78 is 10.8. The third kappa shape index (κ3) is 5.51. The highest BCUT2D eigenvalue weighted by molar-refractivity contribution is 6.04. The van der Waals surface area contributed by atoms with Crippen molar-refractivity contribution in [3.63, 3.8) is 0 Å². The standard InChI is InChI=1S/C23H24N2O3/c1-17-4-3-5-18(16-17)23(26)25-20-8-6-19(7-9-20)24-14-15-28-22-12-10-21(27-2)11-13-22/h3-13,16,24H,14-15H2,1-2H3,(H,25,26). The van der Waals surface area contributed by atoms with Gasteiger partial charge in [0.05, 0.1) is 7.11 Å². The zero-order chi connectivity index (χ0) is 19.8. The molecule has 5 nitrogen and oxygen atoms in total. The van der Waals surface area contributed by atoms with Gasteiger partial charge in [0.15, 0.2) is 0 Å². The molecule has 0 unspecified atom stereocenters. The molecule has 0 atom stereocenters. The molecule has 144 valence electrons. The maximum Gasteiger partial charge on any atom is 0.255 e. The summed E-state index contributed by atoms with van der Waals surface area (Å²) >= 11 is 0. The van der Waals surface area contributed by atoms with E-state index in [2.05, 4.69) is 10.6 Å². The van der Waals surface area contributed by atoms with Crippen LogP contribution in [0.15, 0.2) is 72.8 Å². The largest absolute Gasteiger partial charge is 0.497 e. The predicted octanol–water partition coefficient (Wildman–Crippen LogP) is 4.75. The molecule has 28 heavy (non-hydrogen) atoms. The summed E-state index contributed by atoms with van der Waals surface area (Å²) in [6.07, 6.45) is 0. The minimum atomic E-state index is -0.114. The van der Waals surface area contributed by atoms with E-state index in [9.17, 15) is 4.79 Å². The number of carbonyl (C=O) groups is 1. The number of nitrogens with one attached hydrogen (secondary N) is 2. The van der Waals surface area contributed by atoms with Crippen molar-refractivity contribution in [1.82, 2.24) is 0 Å². The second-order valence-electron chi connectivity index (χ2n) is 6.35. The fourth-order valence-corrected chi connectivity index (χ4v) is 2.70. The number of benzene rings is 3. The number of ether oxygens (including phenoxy) is 2. The first-order chi connectivity index (χ1) is 13.6. The highest BCUT2D eigenvalue weighted by atomic mass is 16.5. The van der Waals surface area contributed by atoms with Crippen molar-refractivity contribution >= 4 is 17.3 Å². The van der Waals surface area contributed by atoms with Crippen LogP contribution < -0.4 is 20.1 Å². The van der Waals surface area contributed by atoms with Crippen LogP contribution in [0.4, 0.5) is 11.4 Å². The lowest BCUT2D eigenvalue weighted by Gasteiger charge is -2.10. The Kier molecular flexibility index (Phi) is 6.52. The molecule has 0 radical (unpaired) electrons. The van der Waals surface area contributed by atoms with Crippen LogP contribution in [0.1, 0.15) is 15.9 Å². The van der Waals surface area contributed by atoms with Crippen molar-refractivity contribution in [3.05, 3.63) is 83.9 Å². The van der Waals surface area contributed by atoms with Crippen LogP contribution in [0.2, 0.25) is 0 Å². The van der Waals surface area contributed by atoms with E-state index in [1.807, 2.05) is 73.7 Å². The molecule has 3 aromatic rings. The molecule has 0 aromatic heterocycles. The van der Waals surface area contributed by atoms with Gasteiger partial charge in [0, 0.05) is 23.5 Å². The van der Waals surface area contributed by atoms with Crippen LogP contribution >= 0.6 is 0 Å². The van der Waals surface area contributed by atoms with Crippen LogP contribution in [-0.4, -0.2) is 26.2 Å². The van der Waals surface area contributed by atoms with Crippen molar-refractivity contribution in [2.75, 3.05) is 30.9 Å². The lowest BCUT2D eigenvalue weighted by Crippen LogP contribution is -2.13. The van der Waals surface area contributed by atoms with Crippen LogP contribution in [0.5, 0.6) is 11.5 Å². The van der Waals surface area contributed by atoms with E-state index in [4.69, 9.17) is 9.47 Å². The van der Waals surface area contributed by atoms with E-state index in [-0.39, 0.29) is 5.91 Å². The number of anilines is 2. The second-order valence-corrected chi connectivity index (χ2v) is 6.35. The summed E-state index contributed by atoms with van der Waals surface area (Å²) in [5, 5.41) is 6.20. The van der Waals surface area contributed by atoms with E-state index < -0.39 is 0 Å². The fourth-order valence-electron chi connectivity index (χ4n) is 2.70. The van der Waals surface area contributed by atoms with Gasteiger partial charge in [0.25, 0.3) is 5.91 Å². The normalized spacial score (nSPS) is 10.2. The Hall–Kier alpha value is -3.47. The van der Waals surface area contributed by atoms with Gasteiger partial charge in [-0.05, 0) is 67.6 Å². The van der Waals surface area contributed by atoms with Crippen molar-refractivity contribution in [2.45, 2.75) is 6.92 Å². The quantitative estimate of drug-likeness (QED) is 0.557. The van der Waals surface area contributed by atoms with Gasteiger partial charge in [0.2, 0.25) is 0 Å². The van der Waals surface area contributed by atoms with Gasteiger partial charge in [-0.25, -0.2) is 0 Å². The Labute approximate surface area is 165 Å². The zero-order valence-electron chi connectivity index (χ0n) is 16.1. The lowest BCUT2D eigenvalue weighted by atomic mass is 10.1. The zero-order valence-corrected chi connectivity index (χ0v) is 16.1. The molecule has 0 saturated carbocycles.